The summed E-state index contributed by atoms with van der Waals surface area (Å²) in [6.45, 7) is 5.90. The molecule has 0 saturated carbocycles. The number of hydrogen-bond acceptors (Lipinski definition) is 3. The van der Waals surface area contributed by atoms with E-state index in [1.165, 1.54) is 16.3 Å². The van der Waals surface area contributed by atoms with E-state index in [9.17, 15) is 0 Å². The SMILES string of the molecule is CCn1cnnc1CNC(C)c1cccc2ccccc12. The van der Waals surface area contributed by atoms with Crippen LogP contribution in [0.4, 0.5) is 0 Å². The molecular formula is C17H20N4. The van der Waals surface area contributed by atoms with Gasteiger partial charge in [-0.05, 0) is 30.2 Å². The lowest BCUT2D eigenvalue weighted by Gasteiger charge is -2.16. The van der Waals surface area contributed by atoms with Crippen LogP contribution in [0, 0.1) is 0 Å². The van der Waals surface area contributed by atoms with Gasteiger partial charge in [0.05, 0.1) is 6.54 Å². The van der Waals surface area contributed by atoms with Gasteiger partial charge in [-0.1, -0.05) is 42.5 Å². The Morgan fingerprint density at radius 3 is 2.81 bits per heavy atom. The van der Waals surface area contributed by atoms with E-state index in [-0.39, 0.29) is 6.04 Å². The molecule has 0 saturated heterocycles. The molecule has 2 aromatic carbocycles. The van der Waals surface area contributed by atoms with Crippen LogP contribution in [-0.4, -0.2) is 14.8 Å². The first kappa shape index (κ1) is 13.8. The molecule has 0 amide bonds. The second-order valence-corrected chi connectivity index (χ2v) is 5.20. The largest absolute Gasteiger partial charge is 0.317 e. The van der Waals surface area contributed by atoms with Crippen LogP contribution in [0.25, 0.3) is 10.8 Å². The van der Waals surface area contributed by atoms with Crippen LogP contribution >= 0.6 is 0 Å². The highest BCUT2D eigenvalue weighted by Crippen LogP contribution is 2.24. The quantitative estimate of drug-likeness (QED) is 0.779. The lowest BCUT2D eigenvalue weighted by atomic mass is 10.00. The molecule has 3 rings (SSSR count). The fraction of sp³-hybridized carbons (Fsp3) is 0.294. The van der Waals surface area contributed by atoms with Crippen molar-refractivity contribution in [3.63, 3.8) is 0 Å². The molecule has 4 heteroatoms. The van der Waals surface area contributed by atoms with Crippen molar-refractivity contribution >= 4 is 10.8 Å². The molecule has 108 valence electrons. The van der Waals surface area contributed by atoms with Gasteiger partial charge in [-0.25, -0.2) is 0 Å². The van der Waals surface area contributed by atoms with E-state index < -0.39 is 0 Å². The van der Waals surface area contributed by atoms with E-state index in [4.69, 9.17) is 0 Å². The Kier molecular flexibility index (Phi) is 3.97. The second kappa shape index (κ2) is 6.06. The minimum absolute atomic E-state index is 0.262. The van der Waals surface area contributed by atoms with Crippen molar-refractivity contribution in [2.24, 2.45) is 0 Å². The van der Waals surface area contributed by atoms with Gasteiger partial charge in [0.1, 0.15) is 12.2 Å². The molecule has 1 aromatic heterocycles. The van der Waals surface area contributed by atoms with E-state index in [1.54, 1.807) is 6.33 Å². The summed E-state index contributed by atoms with van der Waals surface area (Å²) in [6.07, 6.45) is 1.78. The Balaban J connectivity index is 1.80. The van der Waals surface area contributed by atoms with Gasteiger partial charge in [-0.15, -0.1) is 10.2 Å². The topological polar surface area (TPSA) is 42.7 Å². The van der Waals surface area contributed by atoms with Gasteiger partial charge in [-0.3, -0.25) is 0 Å². The summed E-state index contributed by atoms with van der Waals surface area (Å²) < 4.78 is 2.06. The fourth-order valence-electron chi connectivity index (χ4n) is 2.66. The number of rotatable bonds is 5. The molecule has 3 aromatic rings. The van der Waals surface area contributed by atoms with Crippen LogP contribution in [0.5, 0.6) is 0 Å². The molecule has 1 N–H and O–H groups in total. The van der Waals surface area contributed by atoms with Crippen molar-refractivity contribution in [3.8, 4) is 0 Å². The summed E-state index contributed by atoms with van der Waals surface area (Å²) in [6, 6.07) is 15.2. The van der Waals surface area contributed by atoms with Gasteiger partial charge in [0.25, 0.3) is 0 Å². The van der Waals surface area contributed by atoms with Crippen molar-refractivity contribution < 1.29 is 0 Å². The molecule has 0 fully saturated rings. The zero-order valence-corrected chi connectivity index (χ0v) is 12.5. The number of nitrogens with one attached hydrogen (secondary N) is 1. The Labute approximate surface area is 124 Å². The zero-order valence-electron chi connectivity index (χ0n) is 12.5. The average Bonchev–Trinajstić information content (AvgIpc) is 2.99. The lowest BCUT2D eigenvalue weighted by molar-refractivity contribution is 0.542. The Bertz CT molecular complexity index is 727. The molecule has 0 bridgehead atoms. The summed E-state index contributed by atoms with van der Waals surface area (Å²) in [7, 11) is 0. The third kappa shape index (κ3) is 2.81. The summed E-state index contributed by atoms with van der Waals surface area (Å²) >= 11 is 0. The fourth-order valence-corrected chi connectivity index (χ4v) is 2.66. The zero-order chi connectivity index (χ0) is 14.7. The predicted octanol–water partition coefficient (Wildman–Crippen LogP) is 3.30. The lowest BCUT2D eigenvalue weighted by Crippen LogP contribution is -2.20. The number of fused-ring (bicyclic) bond motifs is 1. The van der Waals surface area contributed by atoms with Crippen molar-refractivity contribution in [2.45, 2.75) is 33.0 Å². The van der Waals surface area contributed by atoms with Crippen molar-refractivity contribution in [1.29, 1.82) is 0 Å². The summed E-state index contributed by atoms with van der Waals surface area (Å²) in [5.41, 5.74) is 1.32. The van der Waals surface area contributed by atoms with Crippen molar-refractivity contribution in [3.05, 3.63) is 60.2 Å². The van der Waals surface area contributed by atoms with Gasteiger partial charge < -0.3 is 9.88 Å². The highest BCUT2D eigenvalue weighted by atomic mass is 15.3. The smallest absolute Gasteiger partial charge is 0.146 e. The molecule has 0 spiro atoms. The van der Waals surface area contributed by atoms with Crippen molar-refractivity contribution in [2.75, 3.05) is 0 Å². The molecule has 0 radical (unpaired) electrons. The molecule has 4 nitrogen and oxygen atoms in total. The minimum atomic E-state index is 0.262. The molecule has 0 aliphatic rings. The molecule has 21 heavy (non-hydrogen) atoms. The van der Waals surface area contributed by atoms with Gasteiger partial charge in [-0.2, -0.15) is 0 Å². The van der Waals surface area contributed by atoms with Crippen LogP contribution in [0.2, 0.25) is 0 Å². The molecule has 0 aliphatic heterocycles. The van der Waals surface area contributed by atoms with E-state index >= 15 is 0 Å². The molecular weight excluding hydrogens is 260 g/mol. The predicted molar refractivity (Wildman–Crippen MR) is 84.9 cm³/mol. The Hall–Kier alpha value is -2.20. The maximum atomic E-state index is 4.17. The number of hydrogen-bond donors (Lipinski definition) is 1. The number of nitrogens with zero attached hydrogens (tertiary/aromatic N) is 3. The third-order valence-electron chi connectivity index (χ3n) is 3.89. The second-order valence-electron chi connectivity index (χ2n) is 5.20. The van der Waals surface area contributed by atoms with Gasteiger partial charge in [0.15, 0.2) is 0 Å². The van der Waals surface area contributed by atoms with Gasteiger partial charge >= 0.3 is 0 Å². The minimum Gasteiger partial charge on any atom is -0.317 e. The summed E-state index contributed by atoms with van der Waals surface area (Å²) in [5, 5.41) is 14.3. The third-order valence-corrected chi connectivity index (χ3v) is 3.89. The van der Waals surface area contributed by atoms with E-state index in [0.717, 1.165) is 18.9 Å². The summed E-state index contributed by atoms with van der Waals surface area (Å²) in [5.74, 6) is 0.976. The van der Waals surface area contributed by atoms with Gasteiger partial charge in [0, 0.05) is 12.6 Å². The maximum absolute atomic E-state index is 4.17. The van der Waals surface area contributed by atoms with E-state index in [2.05, 4.69) is 76.4 Å². The Morgan fingerprint density at radius 1 is 1.14 bits per heavy atom. The average molecular weight is 280 g/mol. The van der Waals surface area contributed by atoms with Crippen molar-refractivity contribution in [1.82, 2.24) is 20.1 Å². The normalized spacial score (nSPS) is 12.7. The molecule has 1 atom stereocenters. The summed E-state index contributed by atoms with van der Waals surface area (Å²) in [4.78, 5) is 0. The first-order valence-electron chi connectivity index (χ1n) is 7.37. The van der Waals surface area contributed by atoms with Gasteiger partial charge in [0.2, 0.25) is 0 Å². The standard InChI is InChI=1S/C17H20N4/c1-3-21-12-19-20-17(21)11-18-13(2)15-10-6-8-14-7-4-5-9-16(14)15/h4-10,12-13,18H,3,11H2,1-2H3. The first-order chi connectivity index (χ1) is 10.3. The first-order valence-corrected chi connectivity index (χ1v) is 7.37. The number of aromatic nitrogens is 3. The molecule has 0 aliphatic carbocycles. The molecule has 1 unspecified atom stereocenters. The van der Waals surface area contributed by atoms with Crippen LogP contribution in [0.15, 0.2) is 48.8 Å². The van der Waals surface area contributed by atoms with E-state index in [0.29, 0.717) is 0 Å². The monoisotopic (exact) mass is 280 g/mol. The van der Waals surface area contributed by atoms with Crippen LogP contribution in [-0.2, 0) is 13.1 Å². The van der Waals surface area contributed by atoms with Crippen LogP contribution < -0.4 is 5.32 Å². The number of aryl methyl sites for hydroxylation is 1. The van der Waals surface area contributed by atoms with Crippen LogP contribution in [0.3, 0.4) is 0 Å². The maximum Gasteiger partial charge on any atom is 0.146 e. The van der Waals surface area contributed by atoms with E-state index in [1.807, 2.05) is 0 Å². The highest BCUT2D eigenvalue weighted by Gasteiger charge is 2.10. The van der Waals surface area contributed by atoms with Crippen LogP contribution in [0.1, 0.15) is 31.3 Å². The number of benzene rings is 2. The molecule has 1 heterocycles. The Morgan fingerprint density at radius 2 is 1.95 bits per heavy atom. The highest BCUT2D eigenvalue weighted by molar-refractivity contribution is 5.86.